The maximum atomic E-state index is 9.55. The number of hydrogen-bond donors (Lipinski definition) is 2. The van der Waals surface area contributed by atoms with Gasteiger partial charge >= 0.3 is 11.9 Å². The Hall–Kier alpha value is -2.46. The number of carboxylic acid groups (broad SMARTS) is 2. The lowest BCUT2D eigenvalue weighted by Crippen LogP contribution is -2.46. The highest BCUT2D eigenvalue weighted by atomic mass is 32.2. The molecule has 9 heteroatoms. The number of piperazine rings is 1. The SMILES string of the molecule is COc1ccc2c(c1)CC(N1CCN(C)CC1)c1cc(SC)ccc1S2.O=C(O)C=CC(=O)O. The lowest BCUT2D eigenvalue weighted by molar-refractivity contribution is -0.134. The minimum Gasteiger partial charge on any atom is -0.497 e. The van der Waals surface area contributed by atoms with E-state index in [1.54, 1.807) is 7.11 Å². The molecule has 2 aliphatic rings. The number of thioether (sulfide) groups is 1. The Morgan fingerprint density at radius 2 is 1.68 bits per heavy atom. The van der Waals surface area contributed by atoms with Crippen molar-refractivity contribution in [1.29, 1.82) is 0 Å². The first kappa shape index (κ1) is 26.2. The molecule has 34 heavy (non-hydrogen) atoms. The average Bonchev–Trinajstić information content (AvgIpc) is 2.99. The van der Waals surface area contributed by atoms with E-state index in [0.717, 1.165) is 38.3 Å². The Morgan fingerprint density at radius 1 is 1.03 bits per heavy atom. The highest BCUT2D eigenvalue weighted by Gasteiger charge is 2.29. The van der Waals surface area contributed by atoms with E-state index in [1.165, 1.54) is 25.8 Å². The summed E-state index contributed by atoms with van der Waals surface area (Å²) in [6, 6.07) is 14.0. The maximum absolute atomic E-state index is 9.55. The third kappa shape index (κ3) is 7.02. The fraction of sp³-hybridized carbons (Fsp3) is 0.360. The largest absolute Gasteiger partial charge is 0.497 e. The average molecular weight is 503 g/mol. The summed E-state index contributed by atoms with van der Waals surface area (Å²) in [5.74, 6) is -1.56. The summed E-state index contributed by atoms with van der Waals surface area (Å²) in [4.78, 5) is 28.3. The monoisotopic (exact) mass is 502 g/mol. The molecule has 2 N–H and O–H groups in total. The molecule has 0 radical (unpaired) electrons. The molecular formula is C25H30N2O5S2. The van der Waals surface area contributed by atoms with E-state index >= 15 is 0 Å². The van der Waals surface area contributed by atoms with Crippen molar-refractivity contribution >= 4 is 35.5 Å². The van der Waals surface area contributed by atoms with Crippen LogP contribution in [-0.2, 0) is 16.0 Å². The topological polar surface area (TPSA) is 90.3 Å². The van der Waals surface area contributed by atoms with E-state index in [4.69, 9.17) is 14.9 Å². The summed E-state index contributed by atoms with van der Waals surface area (Å²) < 4.78 is 5.50. The van der Waals surface area contributed by atoms with Gasteiger partial charge in [-0.3, -0.25) is 4.90 Å². The second kappa shape index (κ2) is 12.3. The van der Waals surface area contributed by atoms with E-state index in [2.05, 4.69) is 59.5 Å². The zero-order valence-corrected chi connectivity index (χ0v) is 21.2. The van der Waals surface area contributed by atoms with E-state index < -0.39 is 11.9 Å². The number of likely N-dealkylation sites (N-methyl/N-ethyl adjacent to an activating group) is 1. The molecule has 4 rings (SSSR count). The number of hydrogen-bond acceptors (Lipinski definition) is 7. The molecule has 7 nitrogen and oxygen atoms in total. The zero-order chi connectivity index (χ0) is 24.7. The van der Waals surface area contributed by atoms with Crippen LogP contribution in [0.1, 0.15) is 17.2 Å². The van der Waals surface area contributed by atoms with Crippen LogP contribution in [0.15, 0.2) is 63.2 Å². The van der Waals surface area contributed by atoms with Gasteiger partial charge in [0.2, 0.25) is 0 Å². The minimum atomic E-state index is -1.26. The predicted molar refractivity (Wildman–Crippen MR) is 135 cm³/mol. The van der Waals surface area contributed by atoms with Gasteiger partial charge < -0.3 is 19.8 Å². The number of benzene rings is 2. The summed E-state index contributed by atoms with van der Waals surface area (Å²) in [6.45, 7) is 4.56. The Kier molecular flexibility index (Phi) is 9.46. The molecule has 2 aliphatic heterocycles. The summed E-state index contributed by atoms with van der Waals surface area (Å²) in [6.07, 6.45) is 4.33. The van der Waals surface area contributed by atoms with Crippen molar-refractivity contribution in [2.75, 3.05) is 46.6 Å². The lowest BCUT2D eigenvalue weighted by atomic mass is 9.96. The second-order valence-electron chi connectivity index (χ2n) is 8.05. The fourth-order valence-corrected chi connectivity index (χ4v) is 5.53. The number of ether oxygens (including phenoxy) is 1. The third-order valence-electron chi connectivity index (χ3n) is 5.82. The number of rotatable bonds is 5. The highest BCUT2D eigenvalue weighted by molar-refractivity contribution is 7.99. The highest BCUT2D eigenvalue weighted by Crippen LogP contribution is 2.44. The number of carbonyl (C=O) groups is 2. The van der Waals surface area contributed by atoms with E-state index in [-0.39, 0.29) is 0 Å². The van der Waals surface area contributed by atoms with Crippen LogP contribution in [-0.4, -0.2) is 78.5 Å². The summed E-state index contributed by atoms with van der Waals surface area (Å²) in [5.41, 5.74) is 2.89. The molecule has 182 valence electrons. The molecule has 0 aliphatic carbocycles. The predicted octanol–water partition coefficient (Wildman–Crippen LogP) is 4.12. The lowest BCUT2D eigenvalue weighted by Gasteiger charge is -2.38. The van der Waals surface area contributed by atoms with Crippen molar-refractivity contribution in [2.45, 2.75) is 27.1 Å². The smallest absolute Gasteiger partial charge is 0.328 e. The van der Waals surface area contributed by atoms with E-state index in [1.807, 2.05) is 23.5 Å². The van der Waals surface area contributed by atoms with Gasteiger partial charge in [0.25, 0.3) is 0 Å². The van der Waals surface area contributed by atoms with Gasteiger partial charge in [0.1, 0.15) is 5.75 Å². The quantitative estimate of drug-likeness (QED) is 0.463. The van der Waals surface area contributed by atoms with Gasteiger partial charge in [0.15, 0.2) is 0 Å². The van der Waals surface area contributed by atoms with Gasteiger partial charge in [-0.05, 0) is 67.2 Å². The van der Waals surface area contributed by atoms with E-state index in [9.17, 15) is 9.59 Å². The molecule has 2 heterocycles. The van der Waals surface area contributed by atoms with Crippen LogP contribution in [0.5, 0.6) is 5.75 Å². The molecule has 0 amide bonds. The minimum absolute atomic E-state index is 0.437. The standard InChI is InChI=1S/C21H26N2OS2.C4H4O4/c1-22-8-10-23(11-9-22)19-13-15-12-16(24-2)4-6-20(15)26-21-7-5-17(25-3)14-18(19)21;5-3(6)1-2-4(7)8/h4-7,12,14,19H,8-11,13H2,1-3H3;1-2H,(H,5,6)(H,7,8). The molecule has 1 unspecified atom stereocenters. The Labute approximate surface area is 208 Å². The van der Waals surface area contributed by atoms with Crippen molar-refractivity contribution in [3.63, 3.8) is 0 Å². The number of nitrogens with zero attached hydrogens (tertiary/aromatic N) is 2. The second-order valence-corrected chi connectivity index (χ2v) is 10.0. The molecule has 1 saturated heterocycles. The van der Waals surface area contributed by atoms with Crippen molar-refractivity contribution in [3.8, 4) is 5.75 Å². The molecule has 2 aromatic rings. The summed E-state index contributed by atoms with van der Waals surface area (Å²) in [5, 5.41) is 15.6. The van der Waals surface area contributed by atoms with E-state index in [0.29, 0.717) is 18.2 Å². The van der Waals surface area contributed by atoms with Crippen LogP contribution in [0.3, 0.4) is 0 Å². The summed E-state index contributed by atoms with van der Waals surface area (Å²) in [7, 11) is 3.98. The first-order chi connectivity index (χ1) is 16.3. The Morgan fingerprint density at radius 3 is 2.26 bits per heavy atom. The van der Waals surface area contributed by atoms with Crippen LogP contribution in [0.25, 0.3) is 0 Å². The zero-order valence-electron chi connectivity index (χ0n) is 19.6. The van der Waals surface area contributed by atoms with Crippen LogP contribution in [0.2, 0.25) is 0 Å². The van der Waals surface area contributed by atoms with Crippen molar-refractivity contribution in [1.82, 2.24) is 9.80 Å². The van der Waals surface area contributed by atoms with Crippen LogP contribution < -0.4 is 4.74 Å². The van der Waals surface area contributed by atoms with Gasteiger partial charge in [-0.2, -0.15) is 0 Å². The van der Waals surface area contributed by atoms with Crippen LogP contribution in [0, 0.1) is 0 Å². The molecule has 1 atom stereocenters. The first-order valence-electron chi connectivity index (χ1n) is 10.9. The molecule has 1 fully saturated rings. The molecule has 2 aromatic carbocycles. The number of fused-ring (bicyclic) bond motifs is 2. The Balaban J connectivity index is 0.000000350. The van der Waals surface area contributed by atoms with Crippen molar-refractivity contribution < 1.29 is 24.5 Å². The molecular weight excluding hydrogens is 472 g/mol. The van der Waals surface area contributed by atoms with Crippen LogP contribution in [0.4, 0.5) is 0 Å². The van der Waals surface area contributed by atoms with Crippen LogP contribution >= 0.6 is 23.5 Å². The van der Waals surface area contributed by atoms with Crippen molar-refractivity contribution in [2.24, 2.45) is 0 Å². The van der Waals surface area contributed by atoms with Gasteiger partial charge in [0, 0.05) is 59.1 Å². The number of carboxylic acids is 2. The maximum Gasteiger partial charge on any atom is 0.328 e. The molecule has 0 saturated carbocycles. The Bertz CT molecular complexity index is 1040. The third-order valence-corrected chi connectivity index (χ3v) is 7.76. The molecule has 0 bridgehead atoms. The normalized spacial score (nSPS) is 18.3. The van der Waals surface area contributed by atoms with Gasteiger partial charge in [-0.15, -0.1) is 11.8 Å². The first-order valence-corrected chi connectivity index (χ1v) is 12.9. The van der Waals surface area contributed by atoms with Crippen molar-refractivity contribution in [3.05, 3.63) is 59.7 Å². The summed E-state index contributed by atoms with van der Waals surface area (Å²) >= 11 is 3.74. The van der Waals surface area contributed by atoms with Gasteiger partial charge in [-0.1, -0.05) is 11.8 Å². The molecule has 0 aromatic heterocycles. The number of aliphatic carboxylic acids is 2. The number of methoxy groups -OCH3 is 1. The van der Waals surface area contributed by atoms with Gasteiger partial charge in [-0.25, -0.2) is 9.59 Å². The molecule has 0 spiro atoms. The van der Waals surface area contributed by atoms with Gasteiger partial charge in [0.05, 0.1) is 7.11 Å². The fourth-order valence-electron chi connectivity index (χ4n) is 3.99.